The molecule has 12 nitrogen and oxygen atoms in total. The van der Waals surface area contributed by atoms with Crippen molar-refractivity contribution in [1.29, 1.82) is 0 Å². The van der Waals surface area contributed by atoms with Gasteiger partial charge in [0.15, 0.2) is 6.04 Å². The van der Waals surface area contributed by atoms with Gasteiger partial charge in [-0.05, 0) is 49.6 Å². The number of carboxylic acid groups (broad SMARTS) is 1. The number of hydrogen-bond acceptors (Lipinski definition) is 6. The van der Waals surface area contributed by atoms with Gasteiger partial charge in [-0.15, -0.1) is 0 Å². The molecule has 3 heterocycles. The van der Waals surface area contributed by atoms with Gasteiger partial charge in [0.2, 0.25) is 17.7 Å². The molecular formula is C31H36N6O6. The molecule has 12 heteroatoms. The van der Waals surface area contributed by atoms with E-state index in [-0.39, 0.29) is 18.7 Å². The van der Waals surface area contributed by atoms with E-state index in [0.29, 0.717) is 13.0 Å². The Morgan fingerprint density at radius 3 is 1.88 bits per heavy atom. The number of para-hydroxylation sites is 2. The van der Waals surface area contributed by atoms with E-state index in [4.69, 9.17) is 0 Å². The van der Waals surface area contributed by atoms with Crippen molar-refractivity contribution < 1.29 is 29.4 Å². The fraction of sp³-hybridized carbons (Fsp3) is 0.355. The lowest BCUT2D eigenvalue weighted by Gasteiger charge is -2.26. The van der Waals surface area contributed by atoms with Crippen molar-refractivity contribution in [3.05, 3.63) is 72.1 Å². The number of carbonyl (C=O) groups is 4. The van der Waals surface area contributed by atoms with Crippen LogP contribution in [0.3, 0.4) is 0 Å². The molecule has 5 atom stereocenters. The highest BCUT2D eigenvalue weighted by atomic mass is 16.4. The minimum absolute atomic E-state index is 0.0334. The molecule has 3 amide bonds. The van der Waals surface area contributed by atoms with Crippen molar-refractivity contribution in [3.63, 3.8) is 0 Å². The van der Waals surface area contributed by atoms with Crippen molar-refractivity contribution in [2.75, 3.05) is 6.54 Å². The minimum Gasteiger partial charge on any atom is -0.480 e. The number of aromatic nitrogens is 2. The number of rotatable bonds is 12. The topological polar surface area (TPSA) is 188 Å². The predicted molar refractivity (Wildman–Crippen MR) is 160 cm³/mol. The van der Waals surface area contributed by atoms with Gasteiger partial charge in [-0.3, -0.25) is 14.4 Å². The second-order valence-corrected chi connectivity index (χ2v) is 11.0. The number of aliphatic carboxylic acids is 1. The highest BCUT2D eigenvalue weighted by molar-refractivity contribution is 5.95. The second-order valence-electron chi connectivity index (χ2n) is 11.0. The molecule has 1 fully saturated rings. The fourth-order valence-electron chi connectivity index (χ4n) is 5.55. The number of fused-ring (bicyclic) bond motifs is 2. The highest BCUT2D eigenvalue weighted by Gasteiger charge is 2.33. The summed E-state index contributed by atoms with van der Waals surface area (Å²) in [5.74, 6) is -3.09. The van der Waals surface area contributed by atoms with Crippen molar-refractivity contribution in [1.82, 2.24) is 31.2 Å². The number of hydrogen-bond donors (Lipinski definition) is 8. The summed E-state index contributed by atoms with van der Waals surface area (Å²) >= 11 is 0. The Kier molecular flexibility index (Phi) is 9.07. The number of amides is 3. The van der Waals surface area contributed by atoms with E-state index in [2.05, 4.69) is 31.2 Å². The number of carboxylic acids is 1. The quantitative estimate of drug-likeness (QED) is 0.122. The van der Waals surface area contributed by atoms with Crippen LogP contribution in [0.4, 0.5) is 0 Å². The SMILES string of the molecule is CC(O)C(NC(=O)C(Cc1c[nH]c2ccccc12)NC(=O)C(Cc1c[nH]c2ccccc12)NC(=O)C1CCCN1)C(=O)O. The molecule has 8 N–H and O–H groups in total. The van der Waals surface area contributed by atoms with E-state index in [0.717, 1.165) is 39.4 Å². The standard InChI is InChI=1S/C31H36N6O6/c1-17(38)27(31(42)43)37-30(41)26(14-19-16-34-23-10-5-3-8-21(19)23)36-29(40)25(35-28(39)24-11-6-12-32-24)13-18-15-33-22-9-4-2-7-20(18)22/h2-5,7-10,15-17,24-27,32-34,38H,6,11-14H2,1H3,(H,35,39)(H,36,40)(H,37,41)(H,42,43). The Balaban J connectivity index is 1.43. The van der Waals surface area contributed by atoms with Gasteiger partial charge in [-0.2, -0.15) is 0 Å². The smallest absolute Gasteiger partial charge is 0.328 e. The van der Waals surface area contributed by atoms with Crippen molar-refractivity contribution in [3.8, 4) is 0 Å². The zero-order valence-corrected chi connectivity index (χ0v) is 23.7. The van der Waals surface area contributed by atoms with E-state index < -0.39 is 48.1 Å². The van der Waals surface area contributed by atoms with E-state index in [1.165, 1.54) is 6.92 Å². The first kappa shape index (κ1) is 29.8. The van der Waals surface area contributed by atoms with Gasteiger partial charge in [0.1, 0.15) is 12.1 Å². The third kappa shape index (κ3) is 6.87. The maximum atomic E-state index is 13.9. The summed E-state index contributed by atoms with van der Waals surface area (Å²) < 4.78 is 0. The summed E-state index contributed by atoms with van der Waals surface area (Å²) in [5.41, 5.74) is 3.26. The van der Waals surface area contributed by atoms with Crippen LogP contribution in [-0.4, -0.2) is 80.7 Å². The van der Waals surface area contributed by atoms with E-state index in [1.54, 1.807) is 12.4 Å². The van der Waals surface area contributed by atoms with Gasteiger partial charge in [-0.25, -0.2) is 4.79 Å². The molecule has 5 rings (SSSR count). The Hall–Kier alpha value is -4.68. The van der Waals surface area contributed by atoms with Gasteiger partial charge in [0.05, 0.1) is 12.1 Å². The lowest BCUT2D eigenvalue weighted by atomic mass is 10.0. The van der Waals surface area contributed by atoms with Crippen molar-refractivity contribution in [2.45, 2.75) is 62.9 Å². The largest absolute Gasteiger partial charge is 0.480 e. The number of H-pyrrole nitrogens is 2. The third-order valence-corrected chi connectivity index (χ3v) is 7.89. The van der Waals surface area contributed by atoms with Crippen LogP contribution >= 0.6 is 0 Å². The molecule has 1 aliphatic heterocycles. The van der Waals surface area contributed by atoms with Crippen LogP contribution in [0.25, 0.3) is 21.8 Å². The van der Waals surface area contributed by atoms with Crippen LogP contribution in [0, 0.1) is 0 Å². The maximum absolute atomic E-state index is 13.9. The van der Waals surface area contributed by atoms with E-state index >= 15 is 0 Å². The van der Waals surface area contributed by atoms with Crippen LogP contribution in [-0.2, 0) is 32.0 Å². The van der Waals surface area contributed by atoms with E-state index in [9.17, 15) is 29.4 Å². The molecule has 0 saturated carbocycles. The van der Waals surface area contributed by atoms with Gasteiger partial charge in [-0.1, -0.05) is 36.4 Å². The molecule has 4 aromatic rings. The predicted octanol–water partition coefficient (Wildman–Crippen LogP) is 1.11. The molecule has 0 bridgehead atoms. The Labute approximate surface area is 247 Å². The third-order valence-electron chi connectivity index (χ3n) is 7.89. The second kappa shape index (κ2) is 13.1. The molecule has 43 heavy (non-hydrogen) atoms. The molecule has 5 unspecified atom stereocenters. The molecular weight excluding hydrogens is 552 g/mol. The Morgan fingerprint density at radius 2 is 1.37 bits per heavy atom. The first-order valence-electron chi connectivity index (χ1n) is 14.4. The van der Waals surface area contributed by atoms with Crippen LogP contribution in [0.1, 0.15) is 30.9 Å². The molecule has 1 aliphatic rings. The first-order chi connectivity index (χ1) is 20.7. The molecule has 0 aliphatic carbocycles. The first-order valence-corrected chi connectivity index (χ1v) is 14.4. The fourth-order valence-corrected chi connectivity index (χ4v) is 5.55. The van der Waals surface area contributed by atoms with Crippen LogP contribution in [0.15, 0.2) is 60.9 Å². The van der Waals surface area contributed by atoms with Gasteiger partial charge in [0.25, 0.3) is 0 Å². The van der Waals surface area contributed by atoms with Crippen LogP contribution < -0.4 is 21.3 Å². The average Bonchev–Trinajstić information content (AvgIpc) is 3.76. The number of aromatic amines is 2. The van der Waals surface area contributed by atoms with Crippen LogP contribution in [0.5, 0.6) is 0 Å². The zero-order valence-electron chi connectivity index (χ0n) is 23.7. The Bertz CT molecular complexity index is 1620. The van der Waals surface area contributed by atoms with Gasteiger partial charge >= 0.3 is 5.97 Å². The van der Waals surface area contributed by atoms with Gasteiger partial charge in [0, 0.05) is 47.0 Å². The molecule has 0 spiro atoms. The monoisotopic (exact) mass is 588 g/mol. The van der Waals surface area contributed by atoms with Crippen LogP contribution in [0.2, 0.25) is 0 Å². The zero-order chi connectivity index (χ0) is 30.5. The van der Waals surface area contributed by atoms with Crippen molar-refractivity contribution in [2.24, 2.45) is 0 Å². The average molecular weight is 589 g/mol. The summed E-state index contributed by atoms with van der Waals surface area (Å²) in [6.45, 7) is 1.97. The number of carbonyl (C=O) groups excluding carboxylic acids is 3. The van der Waals surface area contributed by atoms with E-state index in [1.807, 2.05) is 48.5 Å². The summed E-state index contributed by atoms with van der Waals surface area (Å²) in [7, 11) is 0. The van der Waals surface area contributed by atoms with Gasteiger partial charge < -0.3 is 41.4 Å². The van der Waals surface area contributed by atoms with Crippen molar-refractivity contribution >= 4 is 45.5 Å². The minimum atomic E-state index is -1.58. The normalized spacial score (nSPS) is 17.7. The summed E-state index contributed by atoms with van der Waals surface area (Å²) in [6, 6.07) is 10.9. The molecule has 226 valence electrons. The number of aliphatic hydroxyl groups is 1. The molecule has 2 aromatic heterocycles. The maximum Gasteiger partial charge on any atom is 0.328 e. The lowest BCUT2D eigenvalue weighted by Crippen LogP contribution is -2.59. The summed E-state index contributed by atoms with van der Waals surface area (Å²) in [5, 5.41) is 32.4. The molecule has 2 aromatic carbocycles. The Morgan fingerprint density at radius 1 is 0.837 bits per heavy atom. The number of aliphatic hydroxyl groups excluding tert-OH is 1. The summed E-state index contributed by atoms with van der Waals surface area (Å²) in [4.78, 5) is 58.6. The number of nitrogens with one attached hydrogen (secondary N) is 6. The molecule has 0 radical (unpaired) electrons. The highest BCUT2D eigenvalue weighted by Crippen LogP contribution is 2.21. The summed E-state index contributed by atoms with van der Waals surface area (Å²) in [6.07, 6.45) is 3.83. The molecule has 1 saturated heterocycles. The number of benzene rings is 2. The lowest BCUT2D eigenvalue weighted by molar-refractivity contribution is -0.145.